The molecule has 0 saturated carbocycles. The van der Waals surface area contributed by atoms with Gasteiger partial charge in [-0.15, -0.1) is 0 Å². The Bertz CT molecular complexity index is 519. The van der Waals surface area contributed by atoms with Gasteiger partial charge in [0.15, 0.2) is 0 Å². The fourth-order valence-electron chi connectivity index (χ4n) is 2.97. The first kappa shape index (κ1) is 15.8. The van der Waals surface area contributed by atoms with Crippen molar-refractivity contribution in [1.82, 2.24) is 4.90 Å². The molecule has 1 atom stereocenters. The first-order valence-corrected chi connectivity index (χ1v) is 7.47. The van der Waals surface area contributed by atoms with E-state index in [1.165, 1.54) is 0 Å². The molecule has 1 unspecified atom stereocenters. The molecule has 1 fully saturated rings. The molecule has 0 aromatic heterocycles. The molecule has 0 radical (unpaired) electrons. The predicted molar refractivity (Wildman–Crippen MR) is 82.8 cm³/mol. The summed E-state index contributed by atoms with van der Waals surface area (Å²) in [4.78, 5) is 13.3. The van der Waals surface area contributed by atoms with Crippen LogP contribution >= 0.6 is 0 Å². The molecule has 2 rings (SSSR count). The maximum Gasteiger partial charge on any atom is 0.320 e. The number of carboxylic acid groups (broad SMARTS) is 1. The second-order valence-corrected chi connectivity index (χ2v) is 6.75. The zero-order valence-corrected chi connectivity index (χ0v) is 13.3. The topological polar surface area (TPSA) is 49.8 Å². The lowest BCUT2D eigenvalue weighted by molar-refractivity contribution is -0.142. The van der Waals surface area contributed by atoms with E-state index in [2.05, 4.69) is 31.7 Å². The fraction of sp³-hybridized carbons (Fsp3) is 0.588. The standard InChI is InChI=1S/C17H25NO3/c1-17(2,3)13-10-12(7-8-15(13)21-4)11-18-9-5-6-14(18)16(19)20/h7-8,10,14H,5-6,9,11H2,1-4H3,(H,19,20). The van der Waals surface area contributed by atoms with Crippen molar-refractivity contribution < 1.29 is 14.6 Å². The molecule has 1 saturated heterocycles. The lowest BCUT2D eigenvalue weighted by Gasteiger charge is -2.25. The van der Waals surface area contributed by atoms with Crippen LogP contribution in [0.4, 0.5) is 0 Å². The van der Waals surface area contributed by atoms with Gasteiger partial charge in [0.2, 0.25) is 0 Å². The zero-order valence-electron chi connectivity index (χ0n) is 13.3. The van der Waals surface area contributed by atoms with Gasteiger partial charge in [0.1, 0.15) is 11.8 Å². The normalized spacial score (nSPS) is 19.7. The number of hydrogen-bond donors (Lipinski definition) is 1. The molecule has 21 heavy (non-hydrogen) atoms. The maximum absolute atomic E-state index is 11.3. The fourth-order valence-corrected chi connectivity index (χ4v) is 2.97. The minimum Gasteiger partial charge on any atom is -0.496 e. The highest BCUT2D eigenvalue weighted by molar-refractivity contribution is 5.73. The minimum atomic E-state index is -0.711. The van der Waals surface area contributed by atoms with E-state index in [4.69, 9.17) is 4.74 Å². The lowest BCUT2D eigenvalue weighted by Crippen LogP contribution is -2.35. The van der Waals surface area contributed by atoms with Crippen molar-refractivity contribution in [2.45, 2.75) is 51.6 Å². The summed E-state index contributed by atoms with van der Waals surface area (Å²) in [5, 5.41) is 9.27. The number of benzene rings is 1. The summed E-state index contributed by atoms with van der Waals surface area (Å²) in [5.41, 5.74) is 2.31. The molecule has 0 bridgehead atoms. The van der Waals surface area contributed by atoms with E-state index >= 15 is 0 Å². The van der Waals surface area contributed by atoms with E-state index in [-0.39, 0.29) is 11.5 Å². The third-order valence-corrected chi connectivity index (χ3v) is 4.11. The van der Waals surface area contributed by atoms with E-state index in [9.17, 15) is 9.90 Å². The Morgan fingerprint density at radius 1 is 1.43 bits per heavy atom. The zero-order chi connectivity index (χ0) is 15.6. The molecule has 1 aliphatic rings. The molecule has 116 valence electrons. The van der Waals surface area contributed by atoms with Gasteiger partial charge in [0.05, 0.1) is 7.11 Å². The van der Waals surface area contributed by atoms with Crippen LogP contribution in [-0.2, 0) is 16.8 Å². The molecular formula is C17H25NO3. The van der Waals surface area contributed by atoms with Gasteiger partial charge in [0, 0.05) is 6.54 Å². The van der Waals surface area contributed by atoms with Gasteiger partial charge < -0.3 is 9.84 Å². The summed E-state index contributed by atoms with van der Waals surface area (Å²) in [6.07, 6.45) is 1.71. The second-order valence-electron chi connectivity index (χ2n) is 6.75. The highest BCUT2D eigenvalue weighted by Gasteiger charge is 2.30. The van der Waals surface area contributed by atoms with Crippen molar-refractivity contribution in [3.63, 3.8) is 0 Å². The molecule has 1 aliphatic heterocycles. The van der Waals surface area contributed by atoms with Crippen molar-refractivity contribution in [2.24, 2.45) is 0 Å². The number of hydrogen-bond acceptors (Lipinski definition) is 3. The van der Waals surface area contributed by atoms with Crippen LogP contribution in [0.1, 0.15) is 44.7 Å². The van der Waals surface area contributed by atoms with Gasteiger partial charge in [-0.1, -0.05) is 32.9 Å². The maximum atomic E-state index is 11.3. The molecule has 4 heteroatoms. The van der Waals surface area contributed by atoms with E-state index in [0.717, 1.165) is 36.3 Å². The lowest BCUT2D eigenvalue weighted by atomic mass is 9.85. The van der Waals surface area contributed by atoms with Crippen molar-refractivity contribution in [1.29, 1.82) is 0 Å². The highest BCUT2D eigenvalue weighted by Crippen LogP contribution is 2.32. The van der Waals surface area contributed by atoms with Crippen LogP contribution < -0.4 is 4.74 Å². The molecule has 1 aromatic carbocycles. The molecule has 1 heterocycles. The summed E-state index contributed by atoms with van der Waals surface area (Å²) >= 11 is 0. The van der Waals surface area contributed by atoms with Crippen LogP contribution in [0.25, 0.3) is 0 Å². The summed E-state index contributed by atoms with van der Waals surface area (Å²) in [6.45, 7) is 8.01. The monoisotopic (exact) mass is 291 g/mol. The Morgan fingerprint density at radius 3 is 2.71 bits per heavy atom. The summed E-state index contributed by atoms with van der Waals surface area (Å²) in [5.74, 6) is 0.180. The number of methoxy groups -OCH3 is 1. The van der Waals surface area contributed by atoms with Crippen molar-refractivity contribution in [2.75, 3.05) is 13.7 Å². The average molecular weight is 291 g/mol. The van der Waals surface area contributed by atoms with Crippen LogP contribution in [-0.4, -0.2) is 35.7 Å². The number of carbonyl (C=O) groups is 1. The van der Waals surface area contributed by atoms with E-state index in [0.29, 0.717) is 6.54 Å². The van der Waals surface area contributed by atoms with Crippen molar-refractivity contribution >= 4 is 5.97 Å². The number of nitrogens with zero attached hydrogens (tertiary/aromatic N) is 1. The van der Waals surface area contributed by atoms with Gasteiger partial charge in [-0.3, -0.25) is 9.69 Å². The number of carboxylic acids is 1. The molecule has 0 aliphatic carbocycles. The van der Waals surface area contributed by atoms with Crippen molar-refractivity contribution in [3.05, 3.63) is 29.3 Å². The Kier molecular flexibility index (Phi) is 4.57. The average Bonchev–Trinajstić information content (AvgIpc) is 2.86. The third-order valence-electron chi connectivity index (χ3n) is 4.11. The summed E-state index contributed by atoms with van der Waals surface area (Å²) in [6, 6.07) is 5.83. The SMILES string of the molecule is COc1ccc(CN2CCCC2C(=O)O)cc1C(C)(C)C. The molecular weight excluding hydrogens is 266 g/mol. The number of ether oxygens (including phenoxy) is 1. The molecule has 4 nitrogen and oxygen atoms in total. The third kappa shape index (κ3) is 3.56. The largest absolute Gasteiger partial charge is 0.496 e. The Hall–Kier alpha value is -1.55. The minimum absolute atomic E-state index is 0.00143. The van der Waals surface area contributed by atoms with Crippen molar-refractivity contribution in [3.8, 4) is 5.75 Å². The van der Waals surface area contributed by atoms with Gasteiger partial charge in [-0.25, -0.2) is 0 Å². The van der Waals surface area contributed by atoms with Crippen LogP contribution in [0, 0.1) is 0 Å². The smallest absolute Gasteiger partial charge is 0.320 e. The van der Waals surface area contributed by atoms with E-state index in [1.807, 2.05) is 12.1 Å². The predicted octanol–water partition coefficient (Wildman–Crippen LogP) is 3.04. The van der Waals surface area contributed by atoms with Crippen LogP contribution in [0.15, 0.2) is 18.2 Å². The number of aliphatic carboxylic acids is 1. The van der Waals surface area contributed by atoms with Gasteiger partial charge in [-0.05, 0) is 42.0 Å². The van der Waals surface area contributed by atoms with Crippen LogP contribution in [0.5, 0.6) is 5.75 Å². The Morgan fingerprint density at radius 2 is 2.14 bits per heavy atom. The van der Waals surface area contributed by atoms with Crippen LogP contribution in [0.3, 0.4) is 0 Å². The second kappa shape index (κ2) is 6.06. The Balaban J connectivity index is 2.23. The van der Waals surface area contributed by atoms with Gasteiger partial charge >= 0.3 is 5.97 Å². The molecule has 1 aromatic rings. The quantitative estimate of drug-likeness (QED) is 0.926. The van der Waals surface area contributed by atoms with Crippen LogP contribution in [0.2, 0.25) is 0 Å². The van der Waals surface area contributed by atoms with Gasteiger partial charge in [0.25, 0.3) is 0 Å². The van der Waals surface area contributed by atoms with E-state index < -0.39 is 5.97 Å². The molecule has 0 amide bonds. The number of likely N-dealkylation sites (tertiary alicyclic amines) is 1. The molecule has 0 spiro atoms. The van der Waals surface area contributed by atoms with Gasteiger partial charge in [-0.2, -0.15) is 0 Å². The first-order chi connectivity index (χ1) is 9.82. The summed E-state index contributed by atoms with van der Waals surface area (Å²) in [7, 11) is 1.69. The Labute approximate surface area is 126 Å². The number of rotatable bonds is 4. The highest BCUT2D eigenvalue weighted by atomic mass is 16.5. The summed E-state index contributed by atoms with van der Waals surface area (Å²) < 4.78 is 5.45. The molecule has 1 N–H and O–H groups in total. The van der Waals surface area contributed by atoms with E-state index in [1.54, 1.807) is 7.11 Å². The first-order valence-electron chi connectivity index (χ1n) is 7.47.